The minimum atomic E-state index is -4.56. The summed E-state index contributed by atoms with van der Waals surface area (Å²) in [4.78, 5) is 27.0. The summed E-state index contributed by atoms with van der Waals surface area (Å²) in [6.45, 7) is 1.88. The van der Waals surface area contributed by atoms with Gasteiger partial charge in [-0.1, -0.05) is 6.07 Å². The zero-order valence-corrected chi connectivity index (χ0v) is 18.1. The van der Waals surface area contributed by atoms with Crippen LogP contribution in [0, 0.1) is 6.92 Å². The van der Waals surface area contributed by atoms with Gasteiger partial charge in [0.15, 0.2) is 5.69 Å². The Morgan fingerprint density at radius 2 is 1.79 bits per heavy atom. The average Bonchev–Trinajstić information content (AvgIpc) is 2.78. The largest absolute Gasteiger partial charge is 0.495 e. The Kier molecular flexibility index (Phi) is 7.24. The summed E-state index contributed by atoms with van der Waals surface area (Å²) in [5.74, 6) is -0.346. The second-order valence-electron chi connectivity index (χ2n) is 7.09. The van der Waals surface area contributed by atoms with Crippen molar-refractivity contribution in [3.05, 3.63) is 77.1 Å². The molecule has 11 heteroatoms. The maximum atomic E-state index is 13.0. The van der Waals surface area contributed by atoms with E-state index < -0.39 is 23.7 Å². The molecule has 0 aliphatic heterocycles. The highest BCUT2D eigenvalue weighted by atomic mass is 19.4. The summed E-state index contributed by atoms with van der Waals surface area (Å²) in [5.41, 5.74) is 0.313. The van der Waals surface area contributed by atoms with Crippen molar-refractivity contribution in [2.45, 2.75) is 19.6 Å². The van der Waals surface area contributed by atoms with Crippen LogP contribution in [0.25, 0.3) is 0 Å². The van der Waals surface area contributed by atoms with Gasteiger partial charge in [-0.05, 0) is 54.4 Å². The van der Waals surface area contributed by atoms with E-state index in [1.807, 2.05) is 0 Å². The van der Waals surface area contributed by atoms with Crippen LogP contribution in [-0.4, -0.2) is 29.2 Å². The molecular formula is C23H20F3N3O5. The van der Waals surface area contributed by atoms with Crippen molar-refractivity contribution < 1.29 is 37.3 Å². The number of alkyl halides is 3. The molecule has 0 radical (unpaired) electrons. The molecule has 3 aromatic rings. The van der Waals surface area contributed by atoms with Crippen LogP contribution >= 0.6 is 0 Å². The molecule has 3 rings (SSSR count). The minimum Gasteiger partial charge on any atom is -0.495 e. The molecule has 0 aliphatic rings. The number of aryl methyl sites for hydroxylation is 1. The van der Waals surface area contributed by atoms with Crippen molar-refractivity contribution in [3.8, 4) is 17.2 Å². The van der Waals surface area contributed by atoms with Gasteiger partial charge in [0.05, 0.1) is 18.4 Å². The van der Waals surface area contributed by atoms with E-state index in [1.54, 1.807) is 25.1 Å². The van der Waals surface area contributed by atoms with Gasteiger partial charge in [0, 0.05) is 18.8 Å². The van der Waals surface area contributed by atoms with E-state index in [4.69, 9.17) is 14.6 Å². The lowest BCUT2D eigenvalue weighted by atomic mass is 10.1. The monoisotopic (exact) mass is 475 g/mol. The summed E-state index contributed by atoms with van der Waals surface area (Å²) in [7, 11) is 1.28. The van der Waals surface area contributed by atoms with Crippen LogP contribution in [-0.2, 0) is 12.7 Å². The van der Waals surface area contributed by atoms with Crippen LogP contribution in [0.3, 0.4) is 0 Å². The summed E-state index contributed by atoms with van der Waals surface area (Å²) in [5, 5.41) is 14.0. The van der Waals surface area contributed by atoms with E-state index in [1.165, 1.54) is 25.4 Å². The van der Waals surface area contributed by atoms with E-state index >= 15 is 0 Å². The number of nitrogens with zero attached hydrogens (tertiary/aromatic N) is 1. The fraction of sp³-hybridized carbons (Fsp3) is 0.174. The van der Waals surface area contributed by atoms with Gasteiger partial charge in [0.2, 0.25) is 0 Å². The highest BCUT2D eigenvalue weighted by molar-refractivity contribution is 5.91. The summed E-state index contributed by atoms with van der Waals surface area (Å²) in [6, 6.07) is 9.93. The summed E-state index contributed by atoms with van der Waals surface area (Å²) in [6.07, 6.45) is -3.24. The fourth-order valence-corrected chi connectivity index (χ4v) is 2.98. The molecule has 34 heavy (non-hydrogen) atoms. The lowest BCUT2D eigenvalue weighted by Crippen LogP contribution is -2.28. The molecule has 1 aromatic heterocycles. The van der Waals surface area contributed by atoms with E-state index in [9.17, 15) is 22.8 Å². The molecule has 0 atom stereocenters. The number of methoxy groups -OCH3 is 1. The molecule has 3 N–H and O–H groups in total. The number of nitrogens with one attached hydrogen (secondary N) is 2. The molecule has 0 spiro atoms. The molecule has 2 aromatic carbocycles. The number of hydrogen-bond acceptors (Lipinski definition) is 5. The van der Waals surface area contributed by atoms with Gasteiger partial charge in [-0.15, -0.1) is 0 Å². The van der Waals surface area contributed by atoms with Gasteiger partial charge in [0.1, 0.15) is 17.2 Å². The third-order valence-electron chi connectivity index (χ3n) is 4.71. The maximum Gasteiger partial charge on any atom is 0.416 e. The van der Waals surface area contributed by atoms with Crippen LogP contribution in [0.1, 0.15) is 27.2 Å². The number of carbonyl (C=O) groups excluding carboxylic acids is 1. The number of amides is 2. The molecule has 0 aliphatic carbocycles. The quantitative estimate of drug-likeness (QED) is 0.432. The zero-order valence-electron chi connectivity index (χ0n) is 18.1. The normalized spacial score (nSPS) is 11.0. The molecule has 0 saturated carbocycles. The molecule has 2 amide bonds. The van der Waals surface area contributed by atoms with E-state index in [2.05, 4.69) is 15.6 Å². The standard InChI is InChI=1S/C23H20F3N3O5/c1-13-9-16(34-17-7-8-27-19(11-17)21(30)31)5-3-14(13)12-28-22(32)29-18-10-15(23(24,25)26)4-6-20(18)33-2/h3-11H,12H2,1-2H3,(H,30,31)(H2,28,29,32). The fourth-order valence-electron chi connectivity index (χ4n) is 2.98. The molecule has 8 nitrogen and oxygen atoms in total. The number of urea groups is 1. The highest BCUT2D eigenvalue weighted by Crippen LogP contribution is 2.35. The van der Waals surface area contributed by atoms with Crippen molar-refractivity contribution in [1.82, 2.24) is 10.3 Å². The van der Waals surface area contributed by atoms with Gasteiger partial charge in [-0.2, -0.15) is 13.2 Å². The van der Waals surface area contributed by atoms with Crippen molar-refractivity contribution in [2.24, 2.45) is 0 Å². The number of carboxylic acids is 1. The van der Waals surface area contributed by atoms with Crippen LogP contribution in [0.2, 0.25) is 0 Å². The molecular weight excluding hydrogens is 455 g/mol. The number of halogens is 3. The number of aromatic nitrogens is 1. The third-order valence-corrected chi connectivity index (χ3v) is 4.71. The number of benzene rings is 2. The van der Waals surface area contributed by atoms with Gasteiger partial charge >= 0.3 is 18.2 Å². The van der Waals surface area contributed by atoms with Crippen molar-refractivity contribution in [3.63, 3.8) is 0 Å². The van der Waals surface area contributed by atoms with E-state index in [0.717, 1.165) is 29.3 Å². The van der Waals surface area contributed by atoms with E-state index in [-0.39, 0.29) is 23.7 Å². The smallest absolute Gasteiger partial charge is 0.416 e. The number of pyridine rings is 1. The highest BCUT2D eigenvalue weighted by Gasteiger charge is 2.31. The summed E-state index contributed by atoms with van der Waals surface area (Å²) < 4.78 is 49.6. The van der Waals surface area contributed by atoms with Crippen LogP contribution in [0.5, 0.6) is 17.2 Å². The van der Waals surface area contributed by atoms with Crippen molar-refractivity contribution >= 4 is 17.7 Å². The number of ether oxygens (including phenoxy) is 2. The minimum absolute atomic E-state index is 0.0861. The molecule has 0 saturated heterocycles. The molecule has 0 unspecified atom stereocenters. The van der Waals surface area contributed by atoms with Crippen molar-refractivity contribution in [1.29, 1.82) is 0 Å². The first-order valence-electron chi connectivity index (χ1n) is 9.83. The Labute approximate surface area is 192 Å². The number of carbonyl (C=O) groups is 2. The van der Waals surface area contributed by atoms with Crippen molar-refractivity contribution in [2.75, 3.05) is 12.4 Å². The number of anilines is 1. The maximum absolute atomic E-state index is 13.0. The van der Waals surface area contributed by atoms with E-state index in [0.29, 0.717) is 11.5 Å². The average molecular weight is 475 g/mol. The van der Waals surface area contributed by atoms with Crippen LogP contribution in [0.4, 0.5) is 23.7 Å². The molecule has 0 bridgehead atoms. The zero-order chi connectivity index (χ0) is 24.9. The SMILES string of the molecule is COc1ccc(C(F)(F)F)cc1NC(=O)NCc1ccc(Oc2ccnc(C(=O)O)c2)cc1C. The second kappa shape index (κ2) is 10.1. The Hall–Kier alpha value is -4.28. The lowest BCUT2D eigenvalue weighted by Gasteiger charge is -2.15. The number of carboxylic acid groups (broad SMARTS) is 1. The third kappa shape index (κ3) is 6.15. The Balaban J connectivity index is 1.64. The predicted molar refractivity (Wildman–Crippen MR) is 116 cm³/mol. The predicted octanol–water partition coefficient (Wildman–Crippen LogP) is 5.23. The number of aromatic carboxylic acids is 1. The van der Waals surface area contributed by atoms with Crippen LogP contribution < -0.4 is 20.1 Å². The molecule has 1 heterocycles. The summed E-state index contributed by atoms with van der Waals surface area (Å²) >= 11 is 0. The van der Waals surface area contributed by atoms with Gasteiger partial charge in [-0.25, -0.2) is 14.6 Å². The number of hydrogen-bond donors (Lipinski definition) is 3. The Morgan fingerprint density at radius 1 is 1.06 bits per heavy atom. The Bertz CT molecular complexity index is 1210. The Morgan fingerprint density at radius 3 is 2.44 bits per heavy atom. The first kappa shape index (κ1) is 24.4. The van der Waals surface area contributed by atoms with Gasteiger partial charge < -0.3 is 25.2 Å². The van der Waals surface area contributed by atoms with Gasteiger partial charge in [0.25, 0.3) is 0 Å². The molecule has 0 fully saturated rings. The second-order valence-corrected chi connectivity index (χ2v) is 7.09. The topological polar surface area (TPSA) is 110 Å². The first-order chi connectivity index (χ1) is 16.1. The lowest BCUT2D eigenvalue weighted by molar-refractivity contribution is -0.137. The van der Waals surface area contributed by atoms with Crippen LogP contribution in [0.15, 0.2) is 54.7 Å². The first-order valence-corrected chi connectivity index (χ1v) is 9.83. The van der Waals surface area contributed by atoms with Gasteiger partial charge in [-0.3, -0.25) is 0 Å². The number of rotatable bonds is 7. The molecule has 178 valence electrons.